The number of nitrogens with zero attached hydrogens (tertiary/aromatic N) is 2. The van der Waals surface area contributed by atoms with Crippen LogP contribution in [0.25, 0.3) is 5.76 Å². The zero-order chi connectivity index (χ0) is 22.3. The first-order valence-electron chi connectivity index (χ1n) is 9.15. The first kappa shape index (κ1) is 20.0. The molecule has 156 valence electrons. The van der Waals surface area contributed by atoms with Gasteiger partial charge in [0.05, 0.1) is 10.5 Å². The van der Waals surface area contributed by atoms with Gasteiger partial charge in [-0.3, -0.25) is 24.6 Å². The molecule has 1 aliphatic rings. The summed E-state index contributed by atoms with van der Waals surface area (Å²) in [6.45, 7) is 1.68. The topological polar surface area (TPSA) is 114 Å². The number of hydrogen-bond donors (Lipinski definition) is 1. The van der Waals surface area contributed by atoms with Gasteiger partial charge in [0.25, 0.3) is 17.4 Å². The number of aliphatic hydroxyl groups excluding tert-OH is 1. The van der Waals surface area contributed by atoms with E-state index in [0.717, 1.165) is 17.0 Å². The van der Waals surface area contributed by atoms with Gasteiger partial charge in [-0.25, -0.2) is 4.39 Å². The number of furan rings is 1. The van der Waals surface area contributed by atoms with E-state index < -0.39 is 34.2 Å². The lowest BCUT2D eigenvalue weighted by Crippen LogP contribution is -2.29. The van der Waals surface area contributed by atoms with E-state index in [1.54, 1.807) is 19.1 Å². The van der Waals surface area contributed by atoms with Gasteiger partial charge in [0.15, 0.2) is 0 Å². The van der Waals surface area contributed by atoms with E-state index in [4.69, 9.17) is 4.42 Å². The molecule has 1 amide bonds. The van der Waals surface area contributed by atoms with Gasteiger partial charge in [-0.2, -0.15) is 0 Å². The number of rotatable bonds is 4. The molecule has 0 saturated carbocycles. The third-order valence-corrected chi connectivity index (χ3v) is 4.93. The molecule has 0 spiro atoms. The van der Waals surface area contributed by atoms with Gasteiger partial charge >= 0.3 is 0 Å². The maximum atomic E-state index is 13.4. The number of ketones is 1. The third kappa shape index (κ3) is 3.46. The second kappa shape index (κ2) is 7.52. The van der Waals surface area contributed by atoms with Crippen molar-refractivity contribution in [2.45, 2.75) is 13.0 Å². The lowest BCUT2D eigenvalue weighted by molar-refractivity contribution is -0.384. The molecule has 1 aliphatic heterocycles. The molecule has 8 nitrogen and oxygen atoms in total. The Morgan fingerprint density at radius 1 is 1.06 bits per heavy atom. The number of nitro groups is 1. The molecule has 9 heteroatoms. The van der Waals surface area contributed by atoms with Crippen molar-refractivity contribution in [3.8, 4) is 0 Å². The van der Waals surface area contributed by atoms with Crippen LogP contribution in [-0.2, 0) is 9.59 Å². The van der Waals surface area contributed by atoms with E-state index in [-0.39, 0.29) is 28.3 Å². The lowest BCUT2D eigenvalue weighted by atomic mass is 9.99. The second-order valence-electron chi connectivity index (χ2n) is 6.90. The van der Waals surface area contributed by atoms with Crippen molar-refractivity contribution in [2.75, 3.05) is 4.90 Å². The van der Waals surface area contributed by atoms with Gasteiger partial charge in [-0.1, -0.05) is 0 Å². The van der Waals surface area contributed by atoms with Crippen molar-refractivity contribution in [3.05, 3.63) is 99.3 Å². The molecule has 0 radical (unpaired) electrons. The normalized spacial score (nSPS) is 17.9. The van der Waals surface area contributed by atoms with E-state index in [1.807, 2.05) is 0 Å². The van der Waals surface area contributed by atoms with Crippen molar-refractivity contribution < 1.29 is 28.4 Å². The highest BCUT2D eigenvalue weighted by Crippen LogP contribution is 2.42. The molecule has 1 aromatic heterocycles. The molecule has 1 unspecified atom stereocenters. The Hall–Kier alpha value is -4.27. The monoisotopic (exact) mass is 422 g/mol. The summed E-state index contributed by atoms with van der Waals surface area (Å²) < 4.78 is 19.1. The van der Waals surface area contributed by atoms with Crippen molar-refractivity contribution in [1.82, 2.24) is 0 Å². The Bertz CT molecular complexity index is 1230. The molecule has 2 aromatic carbocycles. The summed E-state index contributed by atoms with van der Waals surface area (Å²) in [5.74, 6) is -2.15. The summed E-state index contributed by atoms with van der Waals surface area (Å²) in [5, 5.41) is 21.8. The highest BCUT2D eigenvalue weighted by Gasteiger charge is 2.48. The number of aliphatic hydroxyl groups is 1. The molecule has 4 rings (SSSR count). The minimum absolute atomic E-state index is 0.121. The summed E-state index contributed by atoms with van der Waals surface area (Å²) >= 11 is 0. The van der Waals surface area contributed by atoms with Crippen LogP contribution in [0.15, 0.2) is 70.7 Å². The van der Waals surface area contributed by atoms with Gasteiger partial charge in [-0.15, -0.1) is 0 Å². The Kier molecular flexibility index (Phi) is 4.86. The second-order valence-corrected chi connectivity index (χ2v) is 6.90. The van der Waals surface area contributed by atoms with Crippen LogP contribution < -0.4 is 4.90 Å². The van der Waals surface area contributed by atoms with Gasteiger partial charge in [0.2, 0.25) is 0 Å². The lowest BCUT2D eigenvalue weighted by Gasteiger charge is -2.23. The molecule has 2 heterocycles. The quantitative estimate of drug-likeness (QED) is 0.221. The van der Waals surface area contributed by atoms with Gasteiger partial charge < -0.3 is 9.52 Å². The fraction of sp³-hybridized carbons (Fsp3) is 0.0909. The van der Waals surface area contributed by atoms with E-state index in [0.29, 0.717) is 5.76 Å². The molecular weight excluding hydrogens is 407 g/mol. The summed E-state index contributed by atoms with van der Waals surface area (Å²) in [7, 11) is 0. The Morgan fingerprint density at radius 2 is 1.71 bits per heavy atom. The predicted octanol–water partition coefficient (Wildman–Crippen LogP) is 4.26. The van der Waals surface area contributed by atoms with Gasteiger partial charge in [0, 0.05) is 23.4 Å². The number of halogens is 1. The van der Waals surface area contributed by atoms with Crippen LogP contribution in [0.4, 0.5) is 15.8 Å². The number of non-ortho nitro benzene ring substituents is 1. The Morgan fingerprint density at radius 3 is 2.26 bits per heavy atom. The highest BCUT2D eigenvalue weighted by atomic mass is 19.1. The van der Waals surface area contributed by atoms with Crippen LogP contribution in [0.3, 0.4) is 0 Å². The number of hydrogen-bond acceptors (Lipinski definition) is 6. The van der Waals surface area contributed by atoms with Crippen LogP contribution in [0, 0.1) is 22.9 Å². The first-order valence-corrected chi connectivity index (χ1v) is 9.15. The molecule has 1 N–H and O–H groups in total. The van der Waals surface area contributed by atoms with E-state index in [9.17, 15) is 29.2 Å². The summed E-state index contributed by atoms with van der Waals surface area (Å²) in [5.41, 5.74) is -0.0691. The zero-order valence-corrected chi connectivity index (χ0v) is 16.1. The van der Waals surface area contributed by atoms with E-state index >= 15 is 0 Å². The molecule has 3 aromatic rings. The third-order valence-electron chi connectivity index (χ3n) is 4.93. The molecular formula is C22H15FN2O6. The number of carbonyl (C=O) groups excluding carboxylic acids is 2. The van der Waals surface area contributed by atoms with Crippen molar-refractivity contribution in [1.29, 1.82) is 0 Å². The van der Waals surface area contributed by atoms with Crippen LogP contribution >= 0.6 is 0 Å². The number of Topliss-reactive ketones (excluding diaryl/α,β-unsaturated/α-hetero) is 1. The molecule has 1 atom stereocenters. The fourth-order valence-corrected chi connectivity index (χ4v) is 3.47. The number of amides is 1. The van der Waals surface area contributed by atoms with Crippen molar-refractivity contribution in [3.63, 3.8) is 0 Å². The molecule has 1 fully saturated rings. The van der Waals surface area contributed by atoms with Crippen molar-refractivity contribution in [2.24, 2.45) is 0 Å². The average Bonchev–Trinajstić information content (AvgIpc) is 3.29. The number of benzene rings is 2. The summed E-state index contributed by atoms with van der Waals surface area (Å²) in [4.78, 5) is 37.2. The van der Waals surface area contributed by atoms with Crippen LogP contribution in [0.2, 0.25) is 0 Å². The summed E-state index contributed by atoms with van der Waals surface area (Å²) in [6.07, 6.45) is 0. The Balaban J connectivity index is 1.89. The SMILES string of the molecule is Cc1ccc(C2/C(=C(/O)c3ccc([N+](=O)[O-])cc3)C(=O)C(=O)N2c2ccc(F)cc2)o1. The van der Waals surface area contributed by atoms with E-state index in [2.05, 4.69) is 0 Å². The maximum Gasteiger partial charge on any atom is 0.300 e. The number of nitro benzene ring substituents is 1. The Labute approximate surface area is 175 Å². The van der Waals surface area contributed by atoms with Crippen molar-refractivity contribution >= 4 is 28.8 Å². The molecule has 31 heavy (non-hydrogen) atoms. The van der Waals surface area contributed by atoms with Crippen LogP contribution in [0.5, 0.6) is 0 Å². The fourth-order valence-electron chi connectivity index (χ4n) is 3.47. The predicted molar refractivity (Wildman–Crippen MR) is 108 cm³/mol. The number of anilines is 1. The van der Waals surface area contributed by atoms with Gasteiger partial charge in [-0.05, 0) is 55.5 Å². The van der Waals surface area contributed by atoms with Crippen LogP contribution in [0.1, 0.15) is 23.1 Å². The largest absolute Gasteiger partial charge is 0.507 e. The number of carbonyl (C=O) groups is 2. The molecule has 0 aliphatic carbocycles. The standard InChI is InChI=1S/C22H15FN2O6/c1-12-2-11-17(31-12)19-18(20(26)13-3-7-16(8-4-13)25(29)30)21(27)22(28)24(19)15-9-5-14(23)6-10-15/h2-11,19,26H,1H3/b20-18-. The minimum Gasteiger partial charge on any atom is -0.507 e. The zero-order valence-electron chi connectivity index (χ0n) is 16.1. The summed E-state index contributed by atoms with van der Waals surface area (Å²) in [6, 6.07) is 12.0. The average molecular weight is 422 g/mol. The highest BCUT2D eigenvalue weighted by molar-refractivity contribution is 6.51. The first-order chi connectivity index (χ1) is 14.8. The number of aryl methyl sites for hydroxylation is 1. The maximum absolute atomic E-state index is 13.4. The molecule has 1 saturated heterocycles. The van der Waals surface area contributed by atoms with Gasteiger partial charge in [0.1, 0.15) is 29.1 Å². The van der Waals surface area contributed by atoms with Crippen LogP contribution in [-0.4, -0.2) is 21.7 Å². The smallest absolute Gasteiger partial charge is 0.300 e. The van der Waals surface area contributed by atoms with E-state index in [1.165, 1.54) is 36.4 Å². The molecule has 0 bridgehead atoms. The minimum atomic E-state index is -1.10.